The maximum absolute atomic E-state index is 3.34. The van der Waals surface area contributed by atoms with Crippen LogP contribution in [-0.4, -0.2) is 4.21 Å². The topological polar surface area (TPSA) is 0 Å². The fourth-order valence-corrected chi connectivity index (χ4v) is 0.680. The van der Waals surface area contributed by atoms with Gasteiger partial charge in [0.25, 0.3) is 0 Å². The third-order valence-corrected chi connectivity index (χ3v) is 1.17. The molecule has 0 amide bonds. The Morgan fingerprint density at radius 3 is 1.38 bits per heavy atom. The van der Waals surface area contributed by atoms with Crippen LogP contribution in [0.3, 0.4) is 0 Å². The van der Waals surface area contributed by atoms with Crippen LogP contribution >= 0.6 is 12.4 Å². The summed E-state index contributed by atoms with van der Waals surface area (Å²) in [5.74, 6) is 0. The fraction of sp³-hybridized carbons (Fsp3) is 0.182. The molecule has 0 radical (unpaired) electrons. The van der Waals surface area contributed by atoms with Crippen LogP contribution in [0.1, 0.15) is 12.8 Å². The molecule has 68 valence electrons. The van der Waals surface area contributed by atoms with Crippen LogP contribution in [-0.2, 0) is 24.2 Å². The second-order valence-electron chi connectivity index (χ2n) is 2.01. The van der Waals surface area contributed by atoms with Gasteiger partial charge in [-0.15, -0.1) is 25.2 Å². The Kier molecular flexibility index (Phi) is 17.3. The summed E-state index contributed by atoms with van der Waals surface area (Å²) >= 11 is 1.30. The van der Waals surface area contributed by atoms with E-state index in [4.69, 9.17) is 0 Å². The van der Waals surface area contributed by atoms with E-state index in [0.717, 1.165) is 12.8 Å². The molecule has 0 heterocycles. The second-order valence-corrected chi connectivity index (χ2v) is 2.01. The molecule has 0 aromatic rings. The minimum absolute atomic E-state index is 0. The number of halogens is 1. The predicted octanol–water partition coefficient (Wildman–Crippen LogP) is 3.00. The van der Waals surface area contributed by atoms with Crippen LogP contribution in [0, 0.1) is 12.2 Å². The Balaban J connectivity index is 0. The van der Waals surface area contributed by atoms with Crippen molar-refractivity contribution in [1.29, 1.82) is 0 Å². The molecule has 0 bridgehead atoms. The van der Waals surface area contributed by atoms with Crippen molar-refractivity contribution in [3.05, 3.63) is 48.6 Å². The zero-order chi connectivity index (χ0) is 9.07. The van der Waals surface area contributed by atoms with Crippen molar-refractivity contribution in [1.82, 2.24) is 0 Å². The van der Waals surface area contributed by atoms with Gasteiger partial charge in [0.15, 0.2) is 0 Å². The van der Waals surface area contributed by atoms with Gasteiger partial charge in [-0.3, -0.25) is 12.2 Å². The summed E-state index contributed by atoms with van der Waals surface area (Å²) in [5, 5.41) is 0. The van der Waals surface area contributed by atoms with Crippen molar-refractivity contribution in [2.24, 2.45) is 0 Å². The van der Waals surface area contributed by atoms with E-state index in [-0.39, 0.29) is 12.4 Å². The SMILES string of the molecule is Cl.[C-]1=CC=CC1.[C-]1=CC=CC1.[CH2]=[Zr+2]. The van der Waals surface area contributed by atoms with E-state index in [2.05, 4.69) is 28.5 Å². The molecule has 2 aliphatic rings. The van der Waals surface area contributed by atoms with Crippen LogP contribution in [0.2, 0.25) is 0 Å². The minimum atomic E-state index is 0. The van der Waals surface area contributed by atoms with Gasteiger partial charge < -0.3 is 0 Å². The standard InChI is InChI=1S/2C5H5.CH2.ClH.Zr/c2*1-2-4-5-3-1;;;/h2*1-3H,4H2;1H2;1H;/q2*-1;;;+2. The average molecular weight is 272 g/mol. The summed E-state index contributed by atoms with van der Waals surface area (Å²) in [7, 11) is 0. The van der Waals surface area contributed by atoms with Crippen molar-refractivity contribution < 1.29 is 24.2 Å². The van der Waals surface area contributed by atoms with E-state index in [0.29, 0.717) is 0 Å². The summed E-state index contributed by atoms with van der Waals surface area (Å²) in [6.07, 6.45) is 20.0. The van der Waals surface area contributed by atoms with Gasteiger partial charge in [-0.05, 0) is 0 Å². The van der Waals surface area contributed by atoms with Gasteiger partial charge >= 0.3 is 28.4 Å². The van der Waals surface area contributed by atoms with Gasteiger partial charge in [0, 0.05) is 0 Å². The monoisotopic (exact) mass is 270 g/mol. The van der Waals surface area contributed by atoms with Crippen LogP contribution in [0.15, 0.2) is 36.5 Å². The Morgan fingerprint density at radius 2 is 1.31 bits per heavy atom. The summed E-state index contributed by atoms with van der Waals surface area (Å²) in [6, 6.07) is 0. The first-order valence-corrected chi connectivity index (χ1v) is 5.53. The quantitative estimate of drug-likeness (QED) is 0.594. The van der Waals surface area contributed by atoms with Gasteiger partial charge in [-0.1, -0.05) is 0 Å². The molecule has 0 saturated carbocycles. The second kappa shape index (κ2) is 14.5. The molecule has 0 saturated heterocycles. The summed E-state index contributed by atoms with van der Waals surface area (Å²) < 4.78 is 3.34. The van der Waals surface area contributed by atoms with E-state index in [9.17, 15) is 0 Å². The number of allylic oxidation sites excluding steroid dienone is 8. The van der Waals surface area contributed by atoms with Crippen molar-refractivity contribution in [3.8, 4) is 0 Å². The Bertz CT molecular complexity index is 160. The fourth-order valence-electron chi connectivity index (χ4n) is 0.680. The van der Waals surface area contributed by atoms with E-state index in [1.54, 1.807) is 0 Å². The van der Waals surface area contributed by atoms with Crippen molar-refractivity contribution in [3.63, 3.8) is 0 Å². The Labute approximate surface area is 102 Å². The van der Waals surface area contributed by atoms with Crippen LogP contribution < -0.4 is 0 Å². The van der Waals surface area contributed by atoms with Gasteiger partial charge in [-0.25, -0.2) is 24.3 Å². The normalized spacial score (nSPS) is 14.0. The average Bonchev–Trinajstić information content (AvgIpc) is 2.87. The summed E-state index contributed by atoms with van der Waals surface area (Å²) in [6.45, 7) is 0. The van der Waals surface area contributed by atoms with E-state index in [1.165, 1.54) is 24.2 Å². The molecule has 2 aliphatic carbocycles. The van der Waals surface area contributed by atoms with Gasteiger partial charge in [0.2, 0.25) is 0 Å². The first-order chi connectivity index (χ1) is 6.00. The molecule has 0 fully saturated rings. The van der Waals surface area contributed by atoms with E-state index >= 15 is 0 Å². The van der Waals surface area contributed by atoms with Crippen LogP contribution in [0.5, 0.6) is 0 Å². The molecule has 0 aliphatic heterocycles. The molecule has 2 heteroatoms. The van der Waals surface area contributed by atoms with Crippen molar-refractivity contribution in [2.45, 2.75) is 12.8 Å². The molecule has 0 aromatic heterocycles. The molecule has 0 unspecified atom stereocenters. The molecular formula is C11H13ClZr. The Hall–Kier alpha value is 0.00312. The number of rotatable bonds is 0. The van der Waals surface area contributed by atoms with Crippen LogP contribution in [0.25, 0.3) is 0 Å². The molecule has 13 heavy (non-hydrogen) atoms. The third kappa shape index (κ3) is 12.0. The maximum atomic E-state index is 3.34. The molecule has 0 spiro atoms. The first kappa shape index (κ1) is 15.5. The Morgan fingerprint density at radius 1 is 0.923 bits per heavy atom. The molecular weight excluding hydrogens is 259 g/mol. The molecule has 0 aromatic carbocycles. The predicted molar refractivity (Wildman–Crippen MR) is 57.5 cm³/mol. The molecule has 0 atom stereocenters. The van der Waals surface area contributed by atoms with E-state index in [1.807, 2.05) is 24.3 Å². The molecule has 0 nitrogen and oxygen atoms in total. The molecule has 2 rings (SSSR count). The summed E-state index contributed by atoms with van der Waals surface area (Å²) in [5.41, 5.74) is 0. The number of hydrogen-bond acceptors (Lipinski definition) is 0. The zero-order valence-corrected chi connectivity index (χ0v) is 10.8. The van der Waals surface area contributed by atoms with Gasteiger partial charge in [-0.2, -0.15) is 12.2 Å². The molecule has 0 N–H and O–H groups in total. The first-order valence-electron chi connectivity index (χ1n) is 3.79. The van der Waals surface area contributed by atoms with E-state index < -0.39 is 0 Å². The van der Waals surface area contributed by atoms with Gasteiger partial charge in [0.1, 0.15) is 0 Å². The number of hydrogen-bond donors (Lipinski definition) is 0. The van der Waals surface area contributed by atoms with Crippen molar-refractivity contribution in [2.75, 3.05) is 0 Å². The van der Waals surface area contributed by atoms with Crippen molar-refractivity contribution >= 4 is 16.6 Å². The third-order valence-electron chi connectivity index (χ3n) is 1.17. The van der Waals surface area contributed by atoms with Crippen LogP contribution in [0.4, 0.5) is 0 Å². The summed E-state index contributed by atoms with van der Waals surface area (Å²) in [4.78, 5) is 0. The zero-order valence-electron chi connectivity index (χ0n) is 7.49. The van der Waals surface area contributed by atoms with Gasteiger partial charge in [0.05, 0.1) is 0 Å².